The predicted octanol–water partition coefficient (Wildman–Crippen LogP) is 4.86. The summed E-state index contributed by atoms with van der Waals surface area (Å²) in [5.41, 5.74) is 3.79. The summed E-state index contributed by atoms with van der Waals surface area (Å²) in [6.07, 6.45) is 2.56. The number of fused-ring (bicyclic) bond motifs is 1. The molecule has 1 saturated carbocycles. The molecule has 132 valence electrons. The van der Waals surface area contributed by atoms with Crippen molar-refractivity contribution in [1.29, 1.82) is 0 Å². The molecular weight excluding hydrogens is 351 g/mol. The molecule has 4 rings (SSSR count). The minimum Gasteiger partial charge on any atom is -0.359 e. The van der Waals surface area contributed by atoms with Crippen LogP contribution in [0.2, 0.25) is 5.02 Å². The molecule has 1 N–H and O–H groups in total. The van der Waals surface area contributed by atoms with Crippen molar-refractivity contribution in [2.24, 2.45) is 0 Å². The molecule has 1 amide bonds. The summed E-state index contributed by atoms with van der Waals surface area (Å²) in [6, 6.07) is 12.4. The number of pyridine rings is 1. The second-order valence-corrected chi connectivity index (χ2v) is 7.08. The number of aromatic nitrogens is 1. The third kappa shape index (κ3) is 3.17. The van der Waals surface area contributed by atoms with Crippen molar-refractivity contribution in [2.45, 2.75) is 25.2 Å². The van der Waals surface area contributed by atoms with Crippen LogP contribution in [0.3, 0.4) is 0 Å². The molecule has 1 heterocycles. The van der Waals surface area contributed by atoms with Gasteiger partial charge in [-0.25, -0.2) is 9.37 Å². The number of likely N-dealkylation sites (N-methyl/N-ethyl adjacent to an activating group) is 1. The van der Waals surface area contributed by atoms with Crippen LogP contribution in [-0.4, -0.2) is 17.9 Å². The minimum absolute atomic E-state index is 0.0277. The third-order valence-electron chi connectivity index (χ3n) is 4.78. The molecule has 2 aromatic carbocycles. The first-order chi connectivity index (χ1) is 12.6. The van der Waals surface area contributed by atoms with Crippen LogP contribution in [0.15, 0.2) is 42.5 Å². The largest absolute Gasteiger partial charge is 0.359 e. The van der Waals surface area contributed by atoms with E-state index in [0.717, 1.165) is 34.9 Å². The number of rotatable bonds is 4. The predicted molar refractivity (Wildman–Crippen MR) is 102 cm³/mol. The van der Waals surface area contributed by atoms with Gasteiger partial charge in [-0.15, -0.1) is 0 Å². The maximum atomic E-state index is 14.4. The van der Waals surface area contributed by atoms with E-state index in [2.05, 4.69) is 10.3 Å². The lowest BCUT2D eigenvalue weighted by Crippen LogP contribution is -2.19. The molecule has 0 unspecified atom stereocenters. The zero-order valence-electron chi connectivity index (χ0n) is 14.4. The highest BCUT2D eigenvalue weighted by Gasteiger charge is 2.27. The van der Waals surface area contributed by atoms with E-state index in [9.17, 15) is 9.18 Å². The van der Waals surface area contributed by atoms with Gasteiger partial charge in [0.1, 0.15) is 5.82 Å². The van der Waals surface area contributed by atoms with Gasteiger partial charge in [0.05, 0.1) is 28.2 Å². The van der Waals surface area contributed by atoms with E-state index in [0.29, 0.717) is 28.6 Å². The summed E-state index contributed by atoms with van der Waals surface area (Å²) < 4.78 is 14.4. The second-order valence-electron chi connectivity index (χ2n) is 6.67. The van der Waals surface area contributed by atoms with Gasteiger partial charge in [-0.1, -0.05) is 23.7 Å². The minimum atomic E-state index is -0.373. The van der Waals surface area contributed by atoms with Gasteiger partial charge < -0.3 is 5.32 Å². The molecule has 26 heavy (non-hydrogen) atoms. The SMILES string of the molecule is CNC(=O)Cc1ccc2nc(-c3c(F)cccc3Cl)cc(C3CC3)c2c1. The number of benzene rings is 2. The number of nitrogens with one attached hydrogen (secondary N) is 1. The lowest BCUT2D eigenvalue weighted by molar-refractivity contribution is -0.119. The van der Waals surface area contributed by atoms with Gasteiger partial charge in [0.15, 0.2) is 0 Å². The molecule has 5 heteroatoms. The zero-order chi connectivity index (χ0) is 18.3. The molecule has 0 radical (unpaired) electrons. The van der Waals surface area contributed by atoms with Crippen LogP contribution >= 0.6 is 11.6 Å². The highest BCUT2D eigenvalue weighted by Crippen LogP contribution is 2.45. The Morgan fingerprint density at radius 2 is 2.08 bits per heavy atom. The number of halogens is 2. The van der Waals surface area contributed by atoms with Gasteiger partial charge in [0, 0.05) is 12.4 Å². The van der Waals surface area contributed by atoms with E-state index in [1.165, 1.54) is 6.07 Å². The standard InChI is InChI=1S/C21H18ClFN2O/c1-24-20(26)10-12-5-8-18-15(9-12)14(13-6-7-13)11-19(25-18)21-16(22)3-2-4-17(21)23/h2-5,8-9,11,13H,6-7,10H2,1H3,(H,24,26). The van der Waals surface area contributed by atoms with Gasteiger partial charge in [-0.3, -0.25) is 4.79 Å². The number of nitrogens with zero attached hydrogens (tertiary/aromatic N) is 1. The number of hydrogen-bond donors (Lipinski definition) is 1. The molecule has 0 bridgehead atoms. The molecule has 0 atom stereocenters. The fraction of sp³-hybridized carbons (Fsp3) is 0.238. The lowest BCUT2D eigenvalue weighted by Gasteiger charge is -2.12. The Labute approximate surface area is 156 Å². The normalized spacial score (nSPS) is 13.8. The van der Waals surface area contributed by atoms with Gasteiger partial charge in [0.25, 0.3) is 0 Å². The van der Waals surface area contributed by atoms with Crippen molar-refractivity contribution in [3.8, 4) is 11.3 Å². The molecule has 3 aromatic rings. The molecule has 1 aromatic heterocycles. The Morgan fingerprint density at radius 1 is 1.27 bits per heavy atom. The van der Waals surface area contributed by atoms with Crippen molar-refractivity contribution in [2.75, 3.05) is 7.05 Å². The zero-order valence-corrected chi connectivity index (χ0v) is 15.1. The quantitative estimate of drug-likeness (QED) is 0.714. The van der Waals surface area contributed by atoms with Crippen molar-refractivity contribution < 1.29 is 9.18 Å². The summed E-state index contributed by atoms with van der Waals surface area (Å²) in [5.74, 6) is 0.0578. The van der Waals surface area contributed by atoms with Crippen LogP contribution in [0.25, 0.3) is 22.2 Å². The fourth-order valence-corrected chi connectivity index (χ4v) is 3.55. The monoisotopic (exact) mass is 368 g/mol. The van der Waals surface area contributed by atoms with Crippen molar-refractivity contribution in [1.82, 2.24) is 10.3 Å². The fourth-order valence-electron chi connectivity index (χ4n) is 3.29. The van der Waals surface area contributed by atoms with Crippen LogP contribution in [0.4, 0.5) is 4.39 Å². The Bertz CT molecular complexity index is 994. The average Bonchev–Trinajstić information content (AvgIpc) is 3.46. The van der Waals surface area contributed by atoms with E-state index in [1.54, 1.807) is 19.2 Å². The van der Waals surface area contributed by atoms with E-state index in [1.807, 2.05) is 24.3 Å². The summed E-state index contributed by atoms with van der Waals surface area (Å²) in [5, 5.41) is 4.03. The van der Waals surface area contributed by atoms with Crippen LogP contribution in [0.1, 0.15) is 29.9 Å². The molecule has 1 aliphatic rings. The second kappa shape index (κ2) is 6.69. The van der Waals surface area contributed by atoms with Gasteiger partial charge in [-0.05, 0) is 60.2 Å². The topological polar surface area (TPSA) is 42.0 Å². The van der Waals surface area contributed by atoms with Crippen molar-refractivity contribution >= 4 is 28.4 Å². The molecule has 3 nitrogen and oxygen atoms in total. The third-order valence-corrected chi connectivity index (χ3v) is 5.10. The Balaban J connectivity index is 1.88. The highest BCUT2D eigenvalue weighted by atomic mass is 35.5. The van der Waals surface area contributed by atoms with Crippen LogP contribution in [0.5, 0.6) is 0 Å². The molecule has 0 aliphatic heterocycles. The Kier molecular flexibility index (Phi) is 4.37. The van der Waals surface area contributed by atoms with E-state index in [-0.39, 0.29) is 11.7 Å². The number of carbonyl (C=O) groups excluding carboxylic acids is 1. The van der Waals surface area contributed by atoms with Gasteiger partial charge in [0.2, 0.25) is 5.91 Å². The van der Waals surface area contributed by atoms with E-state index < -0.39 is 0 Å². The number of carbonyl (C=O) groups is 1. The molecule has 1 aliphatic carbocycles. The smallest absolute Gasteiger partial charge is 0.224 e. The average molecular weight is 369 g/mol. The summed E-state index contributed by atoms with van der Waals surface area (Å²) in [4.78, 5) is 16.3. The van der Waals surface area contributed by atoms with Gasteiger partial charge in [-0.2, -0.15) is 0 Å². The van der Waals surface area contributed by atoms with Crippen molar-refractivity contribution in [3.63, 3.8) is 0 Å². The summed E-state index contributed by atoms with van der Waals surface area (Å²) >= 11 is 6.24. The Hall–Kier alpha value is -2.46. The summed E-state index contributed by atoms with van der Waals surface area (Å²) in [7, 11) is 1.63. The first-order valence-electron chi connectivity index (χ1n) is 8.65. The first kappa shape index (κ1) is 17.0. The molecule has 0 saturated heterocycles. The van der Waals surface area contributed by atoms with E-state index >= 15 is 0 Å². The number of hydrogen-bond acceptors (Lipinski definition) is 2. The lowest BCUT2D eigenvalue weighted by atomic mass is 9.98. The van der Waals surface area contributed by atoms with E-state index in [4.69, 9.17) is 11.6 Å². The highest BCUT2D eigenvalue weighted by molar-refractivity contribution is 6.33. The molecule has 0 spiro atoms. The molecular formula is C21H18ClFN2O. The number of amides is 1. The summed E-state index contributed by atoms with van der Waals surface area (Å²) in [6.45, 7) is 0. The van der Waals surface area contributed by atoms with Crippen molar-refractivity contribution in [3.05, 3.63) is 64.4 Å². The first-order valence-corrected chi connectivity index (χ1v) is 9.03. The van der Waals surface area contributed by atoms with Crippen LogP contribution in [-0.2, 0) is 11.2 Å². The molecule has 1 fully saturated rings. The maximum absolute atomic E-state index is 14.4. The van der Waals surface area contributed by atoms with Gasteiger partial charge >= 0.3 is 0 Å². The maximum Gasteiger partial charge on any atom is 0.224 e. The van der Waals surface area contributed by atoms with Crippen LogP contribution < -0.4 is 5.32 Å². The van der Waals surface area contributed by atoms with Crippen LogP contribution in [0, 0.1) is 5.82 Å². The Morgan fingerprint density at radius 3 is 2.77 bits per heavy atom.